The summed E-state index contributed by atoms with van der Waals surface area (Å²) in [6.45, 7) is 0. The first-order valence-corrected chi connectivity index (χ1v) is 44.7. The molecule has 0 atom stereocenters. The highest BCUT2D eigenvalue weighted by atomic mass is 16.3. The van der Waals surface area contributed by atoms with E-state index in [0.717, 1.165) is 166 Å². The van der Waals surface area contributed by atoms with Crippen molar-refractivity contribution >= 4 is 163 Å². The average molecular weight is 1680 g/mol. The second kappa shape index (κ2) is 29.9. The normalized spacial score (nSPS) is 11.9. The Bertz CT molecular complexity index is 9470. The summed E-state index contributed by atoms with van der Waals surface area (Å²) in [5.41, 5.74) is 27.3. The SMILES string of the molecule is c1ccc(-c2cc(-c3ccccc3)nc(-c3ccc(-c4ccc(-n5c6ccccc6c6cc(-n7c8ccccc8c8cc9oc%10ccccc%10c9cc87)ccc65)cc4)cc3)n2)cc1.c1ccc(-c2nc(-c3ccccc3)nc(-c3ccc4c5ccccc5c5ccc(-n6c7ccccc7c7cc(-n8c9ccccc9c9cc%10oc%11ccccc%11c%10cc98)ccc76)cc5c4c3)n2)cc1. The van der Waals surface area contributed by atoms with Crippen LogP contribution in [0.2, 0.25) is 0 Å². The molecule has 11 nitrogen and oxygen atoms in total. The molecule has 0 aliphatic rings. The van der Waals surface area contributed by atoms with E-state index in [4.69, 9.17) is 33.8 Å². The van der Waals surface area contributed by atoms with Gasteiger partial charge in [-0.15, -0.1) is 0 Å². The number of furan rings is 2. The van der Waals surface area contributed by atoms with Crippen LogP contribution in [0, 0.1) is 0 Å². The molecule has 0 N–H and O–H groups in total. The van der Waals surface area contributed by atoms with Gasteiger partial charge in [0.05, 0.1) is 55.5 Å². The predicted octanol–water partition coefficient (Wildman–Crippen LogP) is 31.7. The monoisotopic (exact) mass is 1680 g/mol. The molecule has 0 bridgehead atoms. The maximum Gasteiger partial charge on any atom is 0.164 e. The molecular formula is C121H73N9O2. The number of benzene rings is 20. The molecule has 0 aliphatic heterocycles. The minimum Gasteiger partial charge on any atom is -0.456 e. The summed E-state index contributed by atoms with van der Waals surface area (Å²) in [6, 6.07) is 157. The lowest BCUT2D eigenvalue weighted by Gasteiger charge is -2.15. The standard InChI is InChI=1S/C63H37N5O.C58H36N4O/c1-3-15-38(16-4-1)61-64-62(39-17-5-2-6-18-39)66-63(65-61)40-27-30-45-43-19-7-8-20-44(43)46-31-28-41(34-51(46)50(45)33-40)67-55-24-12-9-21-47(55)52-35-42(29-32-57(52)67)68-56-25-13-10-22-48(56)53-37-60-54(36-58(53)68)49-23-11-14-26-59(49)69-60;1-3-13-39(14-4-1)50-36-51(40-15-5-2-6-16-40)60-58(59-50)41-25-23-37(24-26-41)38-27-29-42(30-28-38)61-52-20-10-7-17-44(52)47-33-43(31-32-54(47)61)62-53-21-11-8-18-45(53)48-35-57-49(34-55(48)62)46-19-9-12-22-56(46)63-57/h1-37H;1-36H. The van der Waals surface area contributed by atoms with Gasteiger partial charge in [-0.2, -0.15) is 0 Å². The van der Waals surface area contributed by atoms with Gasteiger partial charge in [-0.3, -0.25) is 0 Å². The molecule has 0 unspecified atom stereocenters. The molecule has 11 heteroatoms. The summed E-state index contributed by atoms with van der Waals surface area (Å²) in [5.74, 6) is 2.61. The van der Waals surface area contributed by atoms with Crippen molar-refractivity contribution in [3.8, 4) is 102 Å². The fourth-order valence-corrected chi connectivity index (χ4v) is 20.6. The van der Waals surface area contributed by atoms with Gasteiger partial charge in [0.15, 0.2) is 23.3 Å². The highest BCUT2D eigenvalue weighted by Crippen LogP contribution is 2.47. The predicted molar refractivity (Wildman–Crippen MR) is 544 cm³/mol. The third kappa shape index (κ3) is 12.0. The van der Waals surface area contributed by atoms with Crippen LogP contribution in [0.15, 0.2) is 452 Å². The van der Waals surface area contributed by atoms with Gasteiger partial charge in [-0.1, -0.05) is 309 Å². The molecule has 0 radical (unpaired) electrons. The third-order valence-electron chi connectivity index (χ3n) is 26.7. The fourth-order valence-electron chi connectivity index (χ4n) is 20.6. The second-order valence-electron chi connectivity index (χ2n) is 34.1. The molecule has 0 spiro atoms. The van der Waals surface area contributed by atoms with E-state index >= 15 is 0 Å². The van der Waals surface area contributed by atoms with Crippen LogP contribution in [0.1, 0.15) is 0 Å². The van der Waals surface area contributed by atoms with E-state index in [1.165, 1.54) is 75.7 Å². The lowest BCUT2D eigenvalue weighted by Crippen LogP contribution is -2.00. The summed E-state index contributed by atoms with van der Waals surface area (Å²) in [6.07, 6.45) is 0. The molecular weight excluding hydrogens is 1610 g/mol. The lowest BCUT2D eigenvalue weighted by atomic mass is 9.93. The number of aromatic nitrogens is 9. The first-order valence-electron chi connectivity index (χ1n) is 44.7. The Morgan fingerprint density at radius 2 is 0.417 bits per heavy atom. The van der Waals surface area contributed by atoms with Crippen molar-refractivity contribution in [3.63, 3.8) is 0 Å². The van der Waals surface area contributed by atoms with Crippen molar-refractivity contribution in [3.05, 3.63) is 443 Å². The van der Waals surface area contributed by atoms with E-state index in [1.54, 1.807) is 0 Å². The van der Waals surface area contributed by atoms with Crippen molar-refractivity contribution in [2.45, 2.75) is 0 Å². The zero-order chi connectivity index (χ0) is 86.6. The van der Waals surface area contributed by atoms with E-state index < -0.39 is 0 Å². The number of hydrogen-bond donors (Lipinski definition) is 0. The Morgan fingerprint density at radius 1 is 0.136 bits per heavy atom. The van der Waals surface area contributed by atoms with Crippen LogP contribution in [0.25, 0.3) is 265 Å². The van der Waals surface area contributed by atoms with Crippen molar-refractivity contribution in [2.75, 3.05) is 0 Å². The maximum atomic E-state index is 6.39. The highest BCUT2D eigenvalue weighted by molar-refractivity contribution is 6.27. The van der Waals surface area contributed by atoms with Gasteiger partial charge in [-0.25, -0.2) is 24.9 Å². The highest BCUT2D eigenvalue weighted by Gasteiger charge is 2.25. The molecule has 28 aromatic rings. The van der Waals surface area contributed by atoms with Gasteiger partial charge in [0.2, 0.25) is 0 Å². The molecule has 132 heavy (non-hydrogen) atoms. The van der Waals surface area contributed by atoms with E-state index in [1.807, 2.05) is 97.1 Å². The van der Waals surface area contributed by atoms with Crippen LogP contribution in [0.5, 0.6) is 0 Å². The molecule has 0 saturated heterocycles. The number of para-hydroxylation sites is 6. The quantitative estimate of drug-likeness (QED) is 0.119. The molecule has 8 aromatic heterocycles. The molecule has 0 amide bonds. The zero-order valence-corrected chi connectivity index (χ0v) is 71.0. The van der Waals surface area contributed by atoms with Crippen molar-refractivity contribution in [1.82, 2.24) is 43.2 Å². The molecule has 8 heterocycles. The Balaban J connectivity index is 0.000000136. The zero-order valence-electron chi connectivity index (χ0n) is 71.0. The first-order chi connectivity index (χ1) is 65.4. The van der Waals surface area contributed by atoms with Gasteiger partial charge in [0.25, 0.3) is 0 Å². The molecule has 614 valence electrons. The van der Waals surface area contributed by atoms with Crippen LogP contribution in [-0.4, -0.2) is 43.2 Å². The average Bonchev–Trinajstić information content (AvgIpc) is 1.64. The first kappa shape index (κ1) is 74.3. The smallest absolute Gasteiger partial charge is 0.164 e. The van der Waals surface area contributed by atoms with E-state index in [2.05, 4.69) is 364 Å². The van der Waals surface area contributed by atoms with Crippen LogP contribution in [0.3, 0.4) is 0 Å². The third-order valence-corrected chi connectivity index (χ3v) is 26.7. The number of nitrogens with zero attached hydrogens (tertiary/aromatic N) is 9. The van der Waals surface area contributed by atoms with Gasteiger partial charge in [-0.05, 0) is 177 Å². The Labute approximate surface area is 755 Å². The molecule has 20 aromatic carbocycles. The van der Waals surface area contributed by atoms with Crippen molar-refractivity contribution in [2.24, 2.45) is 0 Å². The number of fused-ring (bicyclic) bond motifs is 24. The fraction of sp³-hybridized carbons (Fsp3) is 0. The molecule has 0 aliphatic carbocycles. The Hall–Kier alpha value is -17.9. The van der Waals surface area contributed by atoms with Crippen molar-refractivity contribution in [1.29, 1.82) is 0 Å². The Morgan fingerprint density at radius 3 is 0.864 bits per heavy atom. The maximum absolute atomic E-state index is 6.39. The number of hydrogen-bond acceptors (Lipinski definition) is 7. The largest absolute Gasteiger partial charge is 0.456 e. The van der Waals surface area contributed by atoms with Crippen LogP contribution in [0.4, 0.5) is 0 Å². The van der Waals surface area contributed by atoms with Gasteiger partial charge < -0.3 is 27.1 Å². The second-order valence-corrected chi connectivity index (χ2v) is 34.1. The van der Waals surface area contributed by atoms with E-state index in [0.29, 0.717) is 23.3 Å². The summed E-state index contributed by atoms with van der Waals surface area (Å²) in [7, 11) is 0. The molecule has 28 rings (SSSR count). The molecule has 0 saturated carbocycles. The van der Waals surface area contributed by atoms with Crippen molar-refractivity contribution < 1.29 is 8.83 Å². The Kier molecular flexibility index (Phi) is 16.8. The van der Waals surface area contributed by atoms with Crippen LogP contribution in [-0.2, 0) is 0 Å². The minimum absolute atomic E-state index is 0.631. The van der Waals surface area contributed by atoms with Crippen LogP contribution < -0.4 is 0 Å². The summed E-state index contributed by atoms with van der Waals surface area (Å²) in [4.78, 5) is 25.3. The topological polar surface area (TPSA) is 110 Å². The summed E-state index contributed by atoms with van der Waals surface area (Å²) < 4.78 is 22.4. The van der Waals surface area contributed by atoms with Gasteiger partial charge in [0, 0.05) is 121 Å². The molecule has 0 fully saturated rings. The summed E-state index contributed by atoms with van der Waals surface area (Å²) >= 11 is 0. The van der Waals surface area contributed by atoms with Crippen LogP contribution >= 0.6 is 0 Å². The van der Waals surface area contributed by atoms with Gasteiger partial charge in [0.1, 0.15) is 22.3 Å². The van der Waals surface area contributed by atoms with E-state index in [-0.39, 0.29) is 0 Å². The minimum atomic E-state index is 0.631. The lowest BCUT2D eigenvalue weighted by molar-refractivity contribution is 0.669. The summed E-state index contributed by atoms with van der Waals surface area (Å²) in [5, 5.41) is 21.1. The van der Waals surface area contributed by atoms with Gasteiger partial charge >= 0.3 is 0 Å². The number of rotatable bonds is 11. The van der Waals surface area contributed by atoms with E-state index in [9.17, 15) is 0 Å².